The Labute approximate surface area is 109 Å². The van der Waals surface area contributed by atoms with Gasteiger partial charge in [0.2, 0.25) is 5.91 Å². The van der Waals surface area contributed by atoms with Crippen LogP contribution in [0.1, 0.15) is 18.4 Å². The number of carbonyl (C=O) groups is 1. The largest absolute Gasteiger partial charge is 0.497 e. The molecule has 0 aromatic heterocycles. The first-order chi connectivity index (χ1) is 8.51. The Morgan fingerprint density at radius 1 is 1.44 bits per heavy atom. The molecule has 0 bridgehead atoms. The van der Waals surface area contributed by atoms with Crippen LogP contribution in [0.3, 0.4) is 0 Å². The third-order valence-electron chi connectivity index (χ3n) is 3.10. The average Bonchev–Trinajstić information content (AvgIpc) is 2.38. The summed E-state index contributed by atoms with van der Waals surface area (Å²) in [6, 6.07) is 7.76. The minimum Gasteiger partial charge on any atom is -0.497 e. The zero-order chi connectivity index (χ0) is 13.7. The van der Waals surface area contributed by atoms with Crippen LogP contribution in [0.5, 0.6) is 5.75 Å². The first-order valence-corrected chi connectivity index (χ1v) is 5.99. The number of amides is 1. The van der Waals surface area contributed by atoms with Crippen LogP contribution in [0.15, 0.2) is 36.9 Å². The van der Waals surface area contributed by atoms with Gasteiger partial charge in [0, 0.05) is 25.9 Å². The van der Waals surface area contributed by atoms with Gasteiger partial charge in [-0.1, -0.05) is 25.1 Å². The molecule has 0 aliphatic heterocycles. The Bertz CT molecular complexity index is 426. The van der Waals surface area contributed by atoms with Gasteiger partial charge in [-0.15, -0.1) is 6.58 Å². The molecule has 0 heterocycles. The maximum absolute atomic E-state index is 12.0. The van der Waals surface area contributed by atoms with E-state index < -0.39 is 0 Å². The highest BCUT2D eigenvalue weighted by Crippen LogP contribution is 2.29. The Morgan fingerprint density at radius 3 is 2.61 bits per heavy atom. The molecular formula is C15H21NO2. The van der Waals surface area contributed by atoms with Crippen molar-refractivity contribution in [2.24, 2.45) is 5.92 Å². The van der Waals surface area contributed by atoms with E-state index in [9.17, 15) is 4.79 Å². The summed E-state index contributed by atoms with van der Waals surface area (Å²) in [5.74, 6) is 0.756. The molecule has 18 heavy (non-hydrogen) atoms. The summed E-state index contributed by atoms with van der Waals surface area (Å²) in [5.41, 5.74) is 1.05. The van der Waals surface area contributed by atoms with E-state index >= 15 is 0 Å². The second kappa shape index (κ2) is 6.24. The first kappa shape index (κ1) is 14.3. The monoisotopic (exact) mass is 247 g/mol. The lowest BCUT2D eigenvalue weighted by Crippen LogP contribution is -2.31. The molecule has 0 N–H and O–H groups in total. The molecule has 3 heteroatoms. The van der Waals surface area contributed by atoms with Gasteiger partial charge in [0.15, 0.2) is 0 Å². The van der Waals surface area contributed by atoms with Crippen LogP contribution in [-0.4, -0.2) is 32.0 Å². The number of nitrogens with zero attached hydrogens (tertiary/aromatic N) is 1. The van der Waals surface area contributed by atoms with Crippen molar-refractivity contribution < 1.29 is 9.53 Å². The number of ether oxygens (including phenoxy) is 1. The Morgan fingerprint density at radius 2 is 2.11 bits per heavy atom. The average molecular weight is 247 g/mol. The minimum absolute atomic E-state index is 0.00463. The lowest BCUT2D eigenvalue weighted by molar-refractivity contribution is -0.132. The number of rotatable bonds is 5. The molecule has 0 fully saturated rings. The van der Waals surface area contributed by atoms with Crippen molar-refractivity contribution in [3.05, 3.63) is 42.5 Å². The van der Waals surface area contributed by atoms with Crippen molar-refractivity contribution in [3.8, 4) is 5.75 Å². The normalized spacial score (nSPS) is 13.6. The topological polar surface area (TPSA) is 29.5 Å². The molecule has 1 aromatic carbocycles. The molecule has 1 rings (SSSR count). The lowest BCUT2D eigenvalue weighted by Gasteiger charge is -2.23. The highest BCUT2D eigenvalue weighted by Gasteiger charge is 2.24. The zero-order valence-electron chi connectivity index (χ0n) is 11.5. The third kappa shape index (κ3) is 3.13. The van der Waals surface area contributed by atoms with E-state index in [4.69, 9.17) is 4.74 Å². The van der Waals surface area contributed by atoms with Crippen molar-refractivity contribution in [2.45, 2.75) is 12.8 Å². The van der Waals surface area contributed by atoms with E-state index in [1.807, 2.05) is 37.3 Å². The van der Waals surface area contributed by atoms with E-state index in [-0.39, 0.29) is 17.7 Å². The predicted octanol–water partition coefficient (Wildman–Crippen LogP) is 2.69. The number of carbonyl (C=O) groups excluding carboxylic acids is 1. The zero-order valence-corrected chi connectivity index (χ0v) is 11.5. The maximum atomic E-state index is 12.0. The van der Waals surface area contributed by atoms with Gasteiger partial charge in [-0.3, -0.25) is 4.79 Å². The Balaban J connectivity index is 3.01. The molecule has 0 aliphatic carbocycles. The smallest absolute Gasteiger partial charge is 0.225 e. The quantitative estimate of drug-likeness (QED) is 0.749. The van der Waals surface area contributed by atoms with Crippen molar-refractivity contribution in [1.29, 1.82) is 0 Å². The summed E-state index contributed by atoms with van der Waals surface area (Å²) in [5, 5.41) is 0. The van der Waals surface area contributed by atoms with Crippen LogP contribution in [-0.2, 0) is 4.79 Å². The number of hydrogen-bond donors (Lipinski definition) is 0. The SMILES string of the molecule is C=CC(c1cccc(OC)c1)C(C)C(=O)N(C)C. The molecular weight excluding hydrogens is 226 g/mol. The predicted molar refractivity (Wildman–Crippen MR) is 73.8 cm³/mol. The van der Waals surface area contributed by atoms with Gasteiger partial charge in [-0.25, -0.2) is 0 Å². The van der Waals surface area contributed by atoms with Crippen LogP contribution in [0.4, 0.5) is 0 Å². The van der Waals surface area contributed by atoms with E-state index in [0.717, 1.165) is 11.3 Å². The van der Waals surface area contributed by atoms with Gasteiger partial charge >= 0.3 is 0 Å². The molecule has 0 saturated carbocycles. The summed E-state index contributed by atoms with van der Waals surface area (Å²) in [6.45, 7) is 5.77. The van der Waals surface area contributed by atoms with Crippen molar-refractivity contribution >= 4 is 5.91 Å². The number of benzene rings is 1. The van der Waals surface area contributed by atoms with E-state index in [2.05, 4.69) is 6.58 Å². The van der Waals surface area contributed by atoms with E-state index in [1.54, 1.807) is 26.1 Å². The molecule has 0 aliphatic rings. The Kier molecular flexibility index (Phi) is 4.95. The maximum Gasteiger partial charge on any atom is 0.225 e. The summed E-state index contributed by atoms with van der Waals surface area (Å²) < 4.78 is 5.21. The van der Waals surface area contributed by atoms with E-state index in [1.165, 1.54) is 0 Å². The van der Waals surface area contributed by atoms with Crippen molar-refractivity contribution in [1.82, 2.24) is 4.90 Å². The summed E-state index contributed by atoms with van der Waals surface area (Å²) in [6.07, 6.45) is 1.82. The fourth-order valence-electron chi connectivity index (χ4n) is 2.04. The van der Waals surface area contributed by atoms with Crippen LogP contribution in [0.2, 0.25) is 0 Å². The molecule has 2 unspecified atom stereocenters. The van der Waals surface area contributed by atoms with Gasteiger partial charge in [0.25, 0.3) is 0 Å². The molecule has 0 radical (unpaired) electrons. The van der Waals surface area contributed by atoms with Crippen LogP contribution >= 0.6 is 0 Å². The highest BCUT2D eigenvalue weighted by molar-refractivity contribution is 5.79. The summed E-state index contributed by atoms with van der Waals surface area (Å²) >= 11 is 0. The number of methoxy groups -OCH3 is 1. The van der Waals surface area contributed by atoms with Crippen molar-refractivity contribution in [3.63, 3.8) is 0 Å². The van der Waals surface area contributed by atoms with Gasteiger partial charge in [-0.05, 0) is 17.7 Å². The first-order valence-electron chi connectivity index (χ1n) is 5.99. The minimum atomic E-state index is -0.135. The number of allylic oxidation sites excluding steroid dienone is 1. The van der Waals surface area contributed by atoms with Crippen LogP contribution in [0.25, 0.3) is 0 Å². The van der Waals surface area contributed by atoms with Crippen LogP contribution in [0, 0.1) is 5.92 Å². The number of hydrogen-bond acceptors (Lipinski definition) is 2. The second-order valence-corrected chi connectivity index (χ2v) is 4.56. The highest BCUT2D eigenvalue weighted by atomic mass is 16.5. The molecule has 1 amide bonds. The molecule has 3 nitrogen and oxygen atoms in total. The van der Waals surface area contributed by atoms with Gasteiger partial charge in [0.05, 0.1) is 7.11 Å². The third-order valence-corrected chi connectivity index (χ3v) is 3.10. The molecule has 0 spiro atoms. The summed E-state index contributed by atoms with van der Waals surface area (Å²) in [7, 11) is 5.17. The van der Waals surface area contributed by atoms with E-state index in [0.29, 0.717) is 0 Å². The van der Waals surface area contributed by atoms with Crippen LogP contribution < -0.4 is 4.74 Å². The fraction of sp³-hybridized carbons (Fsp3) is 0.400. The second-order valence-electron chi connectivity index (χ2n) is 4.56. The molecule has 2 atom stereocenters. The standard InChI is InChI=1S/C15H21NO2/c1-6-14(11(2)15(17)16(3)4)12-8-7-9-13(10-12)18-5/h6-11,14H,1H2,2-5H3. The Hall–Kier alpha value is -1.77. The van der Waals surface area contributed by atoms with Gasteiger partial charge in [0.1, 0.15) is 5.75 Å². The lowest BCUT2D eigenvalue weighted by atomic mass is 9.86. The van der Waals surface area contributed by atoms with Gasteiger partial charge < -0.3 is 9.64 Å². The summed E-state index contributed by atoms with van der Waals surface area (Å²) in [4.78, 5) is 13.6. The molecule has 0 saturated heterocycles. The van der Waals surface area contributed by atoms with Crippen molar-refractivity contribution in [2.75, 3.05) is 21.2 Å². The van der Waals surface area contributed by atoms with Gasteiger partial charge in [-0.2, -0.15) is 0 Å². The fourth-order valence-corrected chi connectivity index (χ4v) is 2.04. The molecule has 1 aromatic rings. The molecule has 98 valence electrons.